The van der Waals surface area contributed by atoms with Crippen LogP contribution >= 0.6 is 34.2 Å². The molecule has 0 aromatic heterocycles. The first-order valence-electron chi connectivity index (χ1n) is 5.64. The van der Waals surface area contributed by atoms with Crippen molar-refractivity contribution in [2.75, 3.05) is 5.32 Å². The van der Waals surface area contributed by atoms with Gasteiger partial charge in [0, 0.05) is 20.4 Å². The van der Waals surface area contributed by atoms with Crippen molar-refractivity contribution in [3.63, 3.8) is 0 Å². The van der Waals surface area contributed by atoms with Crippen molar-refractivity contribution in [3.8, 4) is 0 Å². The van der Waals surface area contributed by atoms with Gasteiger partial charge in [-0.1, -0.05) is 29.8 Å². The first-order chi connectivity index (χ1) is 9.13. The molecule has 0 aliphatic rings. The van der Waals surface area contributed by atoms with E-state index in [1.54, 1.807) is 18.2 Å². The molecule has 4 heteroatoms. The van der Waals surface area contributed by atoms with E-state index >= 15 is 0 Å². The fourth-order valence-electron chi connectivity index (χ4n) is 1.50. The summed E-state index contributed by atoms with van der Waals surface area (Å²) in [7, 11) is 0. The van der Waals surface area contributed by atoms with Gasteiger partial charge in [-0.05, 0) is 64.6 Å². The summed E-state index contributed by atoms with van der Waals surface area (Å²) in [4.78, 5) is 11.7. The summed E-state index contributed by atoms with van der Waals surface area (Å²) in [6.07, 6.45) is 3.25. The Morgan fingerprint density at radius 2 is 1.89 bits per heavy atom. The Kier molecular flexibility index (Phi) is 4.99. The van der Waals surface area contributed by atoms with Crippen LogP contribution in [-0.4, -0.2) is 5.91 Å². The summed E-state index contributed by atoms with van der Waals surface area (Å²) in [6, 6.07) is 14.9. The highest BCUT2D eigenvalue weighted by Crippen LogP contribution is 2.13. The number of amides is 1. The van der Waals surface area contributed by atoms with E-state index in [9.17, 15) is 4.79 Å². The second-order valence-corrected chi connectivity index (χ2v) is 5.57. The normalized spacial score (nSPS) is 10.6. The molecule has 2 aromatic rings. The Balaban J connectivity index is 1.99. The second-order valence-electron chi connectivity index (χ2n) is 3.88. The number of halogens is 2. The quantitative estimate of drug-likeness (QED) is 0.609. The third kappa shape index (κ3) is 4.69. The fraction of sp³-hybridized carbons (Fsp3) is 0. The van der Waals surface area contributed by atoms with Crippen LogP contribution in [0.5, 0.6) is 0 Å². The van der Waals surface area contributed by atoms with Crippen molar-refractivity contribution >= 4 is 51.9 Å². The average molecular weight is 384 g/mol. The van der Waals surface area contributed by atoms with E-state index in [-0.39, 0.29) is 5.91 Å². The number of carbonyl (C=O) groups is 1. The highest BCUT2D eigenvalue weighted by Gasteiger charge is 1.98. The van der Waals surface area contributed by atoms with Crippen LogP contribution in [0.15, 0.2) is 54.6 Å². The Hall–Kier alpha value is -1.33. The molecule has 96 valence electrons. The van der Waals surface area contributed by atoms with E-state index in [2.05, 4.69) is 27.9 Å². The standard InChI is InChI=1S/C15H11ClINO/c16-12-7-4-11(5-8-12)6-9-15(19)18-14-3-1-2-13(17)10-14/h1-10H,(H,18,19). The molecule has 0 radical (unpaired) electrons. The molecular formula is C15H11ClINO. The number of rotatable bonds is 3. The van der Waals surface area contributed by atoms with E-state index in [1.807, 2.05) is 36.4 Å². The maximum absolute atomic E-state index is 11.7. The van der Waals surface area contributed by atoms with Crippen molar-refractivity contribution < 1.29 is 4.79 Å². The summed E-state index contributed by atoms with van der Waals surface area (Å²) in [5.74, 6) is -0.156. The zero-order valence-electron chi connectivity index (χ0n) is 9.94. The van der Waals surface area contributed by atoms with Crippen LogP contribution in [0, 0.1) is 3.57 Å². The predicted octanol–water partition coefficient (Wildman–Crippen LogP) is 4.60. The van der Waals surface area contributed by atoms with Crippen LogP contribution in [-0.2, 0) is 4.79 Å². The third-order valence-electron chi connectivity index (χ3n) is 2.39. The van der Waals surface area contributed by atoms with Crippen LogP contribution < -0.4 is 5.32 Å². The molecule has 0 saturated carbocycles. The van der Waals surface area contributed by atoms with Crippen LogP contribution in [0.1, 0.15) is 5.56 Å². The minimum atomic E-state index is -0.156. The van der Waals surface area contributed by atoms with Gasteiger partial charge in [-0.25, -0.2) is 0 Å². The van der Waals surface area contributed by atoms with Gasteiger partial charge in [-0.15, -0.1) is 0 Å². The summed E-state index contributed by atoms with van der Waals surface area (Å²) in [5, 5.41) is 3.49. The monoisotopic (exact) mass is 383 g/mol. The van der Waals surface area contributed by atoms with Gasteiger partial charge in [-0.2, -0.15) is 0 Å². The lowest BCUT2D eigenvalue weighted by molar-refractivity contribution is -0.111. The molecule has 0 bridgehead atoms. The lowest BCUT2D eigenvalue weighted by Gasteiger charge is -2.02. The van der Waals surface area contributed by atoms with E-state index in [0.29, 0.717) is 5.02 Å². The second kappa shape index (κ2) is 6.73. The van der Waals surface area contributed by atoms with Crippen molar-refractivity contribution in [1.82, 2.24) is 0 Å². The minimum Gasteiger partial charge on any atom is -0.322 e. The third-order valence-corrected chi connectivity index (χ3v) is 3.31. The first kappa shape index (κ1) is 14.1. The fourth-order valence-corrected chi connectivity index (χ4v) is 2.17. The summed E-state index contributed by atoms with van der Waals surface area (Å²) in [6.45, 7) is 0. The summed E-state index contributed by atoms with van der Waals surface area (Å²) >= 11 is 8.00. The number of nitrogens with one attached hydrogen (secondary N) is 1. The van der Waals surface area contributed by atoms with Crippen molar-refractivity contribution in [3.05, 3.63) is 68.8 Å². The maximum atomic E-state index is 11.7. The number of benzene rings is 2. The van der Waals surface area contributed by atoms with Crippen molar-refractivity contribution in [1.29, 1.82) is 0 Å². The zero-order chi connectivity index (χ0) is 13.7. The lowest BCUT2D eigenvalue weighted by atomic mass is 10.2. The Bertz CT molecular complexity index is 608. The molecule has 19 heavy (non-hydrogen) atoms. The van der Waals surface area contributed by atoms with E-state index in [1.165, 1.54) is 6.08 Å². The van der Waals surface area contributed by atoms with Gasteiger partial charge in [0.2, 0.25) is 5.91 Å². The Morgan fingerprint density at radius 3 is 2.58 bits per heavy atom. The lowest BCUT2D eigenvalue weighted by Crippen LogP contribution is -2.07. The first-order valence-corrected chi connectivity index (χ1v) is 7.09. The van der Waals surface area contributed by atoms with Crippen LogP contribution in [0.25, 0.3) is 6.08 Å². The molecule has 0 saturated heterocycles. The smallest absolute Gasteiger partial charge is 0.248 e. The van der Waals surface area contributed by atoms with Gasteiger partial charge in [0.05, 0.1) is 0 Å². The molecule has 0 atom stereocenters. The zero-order valence-corrected chi connectivity index (χ0v) is 12.9. The van der Waals surface area contributed by atoms with E-state index in [4.69, 9.17) is 11.6 Å². The van der Waals surface area contributed by atoms with E-state index in [0.717, 1.165) is 14.8 Å². The summed E-state index contributed by atoms with van der Waals surface area (Å²) in [5.41, 5.74) is 1.72. The molecule has 1 amide bonds. The average Bonchev–Trinajstić information content (AvgIpc) is 2.38. The highest BCUT2D eigenvalue weighted by atomic mass is 127. The maximum Gasteiger partial charge on any atom is 0.248 e. The molecule has 0 fully saturated rings. The van der Waals surface area contributed by atoms with Crippen LogP contribution in [0.4, 0.5) is 5.69 Å². The number of anilines is 1. The molecule has 0 aliphatic carbocycles. The molecule has 0 unspecified atom stereocenters. The van der Waals surface area contributed by atoms with Gasteiger partial charge in [-0.3, -0.25) is 4.79 Å². The van der Waals surface area contributed by atoms with Gasteiger partial charge < -0.3 is 5.32 Å². The number of hydrogen-bond donors (Lipinski definition) is 1. The molecular weight excluding hydrogens is 373 g/mol. The van der Waals surface area contributed by atoms with Crippen molar-refractivity contribution in [2.24, 2.45) is 0 Å². The molecule has 2 nitrogen and oxygen atoms in total. The van der Waals surface area contributed by atoms with Gasteiger partial charge in [0.1, 0.15) is 0 Å². The SMILES string of the molecule is O=C(C=Cc1ccc(Cl)cc1)Nc1cccc(I)c1. The molecule has 0 spiro atoms. The number of hydrogen-bond acceptors (Lipinski definition) is 1. The summed E-state index contributed by atoms with van der Waals surface area (Å²) < 4.78 is 1.08. The molecule has 0 aliphatic heterocycles. The molecule has 2 rings (SSSR count). The Morgan fingerprint density at radius 1 is 1.16 bits per heavy atom. The number of carbonyl (C=O) groups excluding carboxylic acids is 1. The topological polar surface area (TPSA) is 29.1 Å². The van der Waals surface area contributed by atoms with Gasteiger partial charge in [0.15, 0.2) is 0 Å². The minimum absolute atomic E-state index is 0.156. The van der Waals surface area contributed by atoms with Gasteiger partial charge >= 0.3 is 0 Å². The van der Waals surface area contributed by atoms with Crippen LogP contribution in [0.3, 0.4) is 0 Å². The molecule has 1 N–H and O–H groups in total. The van der Waals surface area contributed by atoms with Gasteiger partial charge in [0.25, 0.3) is 0 Å². The largest absolute Gasteiger partial charge is 0.322 e. The molecule has 0 heterocycles. The molecule has 2 aromatic carbocycles. The predicted molar refractivity (Wildman–Crippen MR) is 88.3 cm³/mol. The highest BCUT2D eigenvalue weighted by molar-refractivity contribution is 14.1. The Labute approximate surface area is 130 Å². The van der Waals surface area contributed by atoms with Crippen LogP contribution in [0.2, 0.25) is 5.02 Å². The van der Waals surface area contributed by atoms with E-state index < -0.39 is 0 Å². The van der Waals surface area contributed by atoms with Crippen molar-refractivity contribution in [2.45, 2.75) is 0 Å².